The van der Waals surface area contributed by atoms with E-state index in [4.69, 9.17) is 10.8 Å². The number of hydrogen-bond donors (Lipinski definition) is 6. The first-order valence-corrected chi connectivity index (χ1v) is 9.44. The first kappa shape index (κ1) is 22.9. The summed E-state index contributed by atoms with van der Waals surface area (Å²) in [5, 5.41) is 23.4. The molecule has 0 bridgehead atoms. The topological polar surface area (TPSA) is 213 Å². The third-order valence-corrected chi connectivity index (χ3v) is 4.46. The standard InChI is InChI=1S/C20H19N7O6/c1-9(18(30)31)6-13(19(32)33)25-16(28)10-2-4-11(5-3-10)22-7-12-8-23-15-14(24-12)17(29)27-20(21)26-15/h2-5,8,13,22H,1,6-7H2,(H,25,28)(H,30,31)(H,32,33)(H3,21,23,26,27,29). The molecule has 0 aliphatic carbocycles. The maximum Gasteiger partial charge on any atom is 0.331 e. The summed E-state index contributed by atoms with van der Waals surface area (Å²) in [7, 11) is 0. The Morgan fingerprint density at radius 3 is 2.48 bits per heavy atom. The summed E-state index contributed by atoms with van der Waals surface area (Å²) in [5.74, 6) is -3.46. The fourth-order valence-electron chi connectivity index (χ4n) is 2.76. The maximum atomic E-state index is 12.3. The zero-order valence-corrected chi connectivity index (χ0v) is 17.0. The van der Waals surface area contributed by atoms with Crippen LogP contribution in [0.2, 0.25) is 0 Å². The minimum absolute atomic E-state index is 0.0501. The van der Waals surface area contributed by atoms with Crippen LogP contribution in [0.1, 0.15) is 22.5 Å². The number of carboxylic acids is 2. The predicted octanol–water partition coefficient (Wildman–Crippen LogP) is 0.121. The molecular formula is C20H19N7O6. The Hall–Kier alpha value is -4.81. The Labute approximate surface area is 185 Å². The molecule has 2 heterocycles. The molecule has 33 heavy (non-hydrogen) atoms. The lowest BCUT2D eigenvalue weighted by atomic mass is 10.1. The molecular weight excluding hydrogens is 434 g/mol. The summed E-state index contributed by atoms with van der Waals surface area (Å²) < 4.78 is 0. The molecule has 1 unspecified atom stereocenters. The lowest BCUT2D eigenvalue weighted by molar-refractivity contribution is -0.139. The lowest BCUT2D eigenvalue weighted by Crippen LogP contribution is -2.41. The Balaban J connectivity index is 1.64. The van der Waals surface area contributed by atoms with Gasteiger partial charge in [-0.2, -0.15) is 4.98 Å². The number of H-pyrrole nitrogens is 1. The number of carbonyl (C=O) groups excluding carboxylic acids is 1. The molecule has 0 spiro atoms. The minimum Gasteiger partial charge on any atom is -0.480 e. The van der Waals surface area contributed by atoms with Gasteiger partial charge in [0.2, 0.25) is 5.95 Å². The molecule has 0 saturated heterocycles. The largest absolute Gasteiger partial charge is 0.480 e. The number of aliphatic carboxylic acids is 2. The van der Waals surface area contributed by atoms with E-state index in [0.29, 0.717) is 11.4 Å². The van der Waals surface area contributed by atoms with Gasteiger partial charge in [-0.05, 0) is 24.3 Å². The van der Waals surface area contributed by atoms with Crippen molar-refractivity contribution in [2.45, 2.75) is 19.0 Å². The van der Waals surface area contributed by atoms with Crippen molar-refractivity contribution in [3.8, 4) is 0 Å². The minimum atomic E-state index is -1.43. The van der Waals surface area contributed by atoms with Crippen molar-refractivity contribution >= 4 is 40.6 Å². The first-order chi connectivity index (χ1) is 15.6. The van der Waals surface area contributed by atoms with E-state index in [9.17, 15) is 24.3 Å². The molecule has 3 aromatic rings. The molecule has 13 heteroatoms. The number of nitrogen functional groups attached to an aromatic ring is 1. The number of carboxylic acid groups (broad SMARTS) is 2. The second-order valence-electron chi connectivity index (χ2n) is 6.89. The Bertz CT molecular complexity index is 1300. The monoisotopic (exact) mass is 453 g/mol. The van der Waals surface area contributed by atoms with Crippen molar-refractivity contribution in [2.24, 2.45) is 0 Å². The Morgan fingerprint density at radius 1 is 1.15 bits per heavy atom. The summed E-state index contributed by atoms with van der Waals surface area (Å²) in [6.45, 7) is 3.50. The van der Waals surface area contributed by atoms with Gasteiger partial charge in [-0.1, -0.05) is 6.58 Å². The van der Waals surface area contributed by atoms with Gasteiger partial charge in [0, 0.05) is 23.2 Å². The first-order valence-electron chi connectivity index (χ1n) is 9.44. The SMILES string of the molecule is C=C(CC(NC(=O)c1ccc(NCc2cnc3nc(N)[nH]c(=O)c3n2)cc1)C(=O)O)C(=O)O. The quantitative estimate of drug-likeness (QED) is 0.239. The number of amides is 1. The van der Waals surface area contributed by atoms with E-state index in [0.717, 1.165) is 0 Å². The van der Waals surface area contributed by atoms with Gasteiger partial charge in [0.1, 0.15) is 6.04 Å². The zero-order valence-electron chi connectivity index (χ0n) is 17.0. The van der Waals surface area contributed by atoms with Gasteiger partial charge < -0.3 is 26.6 Å². The number of nitrogens with two attached hydrogens (primary N) is 1. The van der Waals surface area contributed by atoms with Crippen LogP contribution in [0.4, 0.5) is 11.6 Å². The molecule has 0 aliphatic rings. The van der Waals surface area contributed by atoms with E-state index >= 15 is 0 Å². The van der Waals surface area contributed by atoms with E-state index in [2.05, 4.69) is 37.1 Å². The molecule has 7 N–H and O–H groups in total. The Morgan fingerprint density at radius 2 is 1.85 bits per heavy atom. The number of aromatic nitrogens is 4. The van der Waals surface area contributed by atoms with Crippen LogP contribution < -0.4 is 21.9 Å². The number of nitrogens with one attached hydrogen (secondary N) is 3. The van der Waals surface area contributed by atoms with Crippen molar-refractivity contribution in [3.05, 3.63) is 64.2 Å². The fourth-order valence-corrected chi connectivity index (χ4v) is 2.76. The molecule has 13 nitrogen and oxygen atoms in total. The number of hydrogen-bond acceptors (Lipinski definition) is 9. The highest BCUT2D eigenvalue weighted by atomic mass is 16.4. The number of fused-ring (bicyclic) bond motifs is 1. The molecule has 0 fully saturated rings. The van der Waals surface area contributed by atoms with E-state index < -0.39 is 35.9 Å². The molecule has 0 aliphatic heterocycles. The Kier molecular flexibility index (Phi) is 6.62. The van der Waals surface area contributed by atoms with Gasteiger partial charge >= 0.3 is 11.9 Å². The maximum absolute atomic E-state index is 12.3. The molecule has 1 amide bonds. The summed E-state index contributed by atoms with van der Waals surface area (Å²) >= 11 is 0. The third-order valence-electron chi connectivity index (χ3n) is 4.46. The number of aromatic amines is 1. The molecule has 0 saturated carbocycles. The van der Waals surface area contributed by atoms with Crippen LogP contribution in [-0.2, 0) is 16.1 Å². The highest BCUT2D eigenvalue weighted by Crippen LogP contribution is 2.13. The van der Waals surface area contributed by atoms with Gasteiger partial charge in [0.25, 0.3) is 11.5 Å². The van der Waals surface area contributed by atoms with Crippen LogP contribution in [0, 0.1) is 0 Å². The van der Waals surface area contributed by atoms with Crippen molar-refractivity contribution in [2.75, 3.05) is 11.1 Å². The fraction of sp³-hybridized carbons (Fsp3) is 0.150. The number of rotatable bonds is 9. The second kappa shape index (κ2) is 9.55. The van der Waals surface area contributed by atoms with E-state index in [1.165, 1.54) is 18.3 Å². The van der Waals surface area contributed by atoms with E-state index in [-0.39, 0.29) is 34.8 Å². The molecule has 3 rings (SSSR count). The summed E-state index contributed by atoms with van der Waals surface area (Å²) in [4.78, 5) is 61.0. The molecule has 2 aromatic heterocycles. The van der Waals surface area contributed by atoms with Crippen molar-refractivity contribution in [3.63, 3.8) is 0 Å². The molecule has 1 aromatic carbocycles. The zero-order chi connectivity index (χ0) is 24.1. The summed E-state index contributed by atoms with van der Waals surface area (Å²) in [5.41, 5.74) is 6.07. The van der Waals surface area contributed by atoms with Gasteiger partial charge in [-0.15, -0.1) is 0 Å². The lowest BCUT2D eigenvalue weighted by Gasteiger charge is -2.14. The average Bonchev–Trinajstić information content (AvgIpc) is 2.77. The smallest absolute Gasteiger partial charge is 0.331 e. The highest BCUT2D eigenvalue weighted by Gasteiger charge is 2.23. The predicted molar refractivity (Wildman–Crippen MR) is 116 cm³/mol. The summed E-state index contributed by atoms with van der Waals surface area (Å²) in [6.07, 6.45) is 1.01. The van der Waals surface area contributed by atoms with Crippen LogP contribution >= 0.6 is 0 Å². The third kappa shape index (κ3) is 5.66. The molecule has 1 atom stereocenters. The van der Waals surface area contributed by atoms with Crippen LogP contribution in [0.15, 0.2) is 47.4 Å². The van der Waals surface area contributed by atoms with Crippen LogP contribution in [0.25, 0.3) is 11.2 Å². The second-order valence-corrected chi connectivity index (χ2v) is 6.89. The van der Waals surface area contributed by atoms with E-state index in [1.54, 1.807) is 12.1 Å². The number of nitrogens with zero attached hydrogens (tertiary/aromatic N) is 3. The number of carbonyl (C=O) groups is 3. The van der Waals surface area contributed by atoms with Crippen LogP contribution in [0.5, 0.6) is 0 Å². The normalized spacial score (nSPS) is 11.5. The number of anilines is 2. The van der Waals surface area contributed by atoms with Crippen LogP contribution in [-0.4, -0.2) is 54.0 Å². The van der Waals surface area contributed by atoms with Crippen LogP contribution in [0.3, 0.4) is 0 Å². The number of benzene rings is 1. The van der Waals surface area contributed by atoms with Gasteiger partial charge in [-0.3, -0.25) is 14.6 Å². The van der Waals surface area contributed by atoms with Crippen molar-refractivity contribution in [1.29, 1.82) is 0 Å². The van der Waals surface area contributed by atoms with E-state index in [1.807, 2.05) is 0 Å². The molecule has 170 valence electrons. The highest BCUT2D eigenvalue weighted by molar-refractivity contribution is 5.97. The van der Waals surface area contributed by atoms with Gasteiger partial charge in [-0.25, -0.2) is 19.6 Å². The van der Waals surface area contributed by atoms with Gasteiger partial charge in [0.05, 0.1) is 18.4 Å². The molecule has 0 radical (unpaired) electrons. The average molecular weight is 453 g/mol. The van der Waals surface area contributed by atoms with Crippen molar-refractivity contribution in [1.82, 2.24) is 25.3 Å². The van der Waals surface area contributed by atoms with Gasteiger partial charge in [0.15, 0.2) is 11.2 Å². The summed E-state index contributed by atoms with van der Waals surface area (Å²) in [6, 6.07) is 4.67. The van der Waals surface area contributed by atoms with Crippen molar-refractivity contribution < 1.29 is 24.6 Å².